The molecule has 0 spiro atoms. The molecule has 17 heavy (non-hydrogen) atoms. The molecule has 0 saturated carbocycles. The third kappa shape index (κ3) is 3.35. The van der Waals surface area contributed by atoms with Crippen LogP contribution >= 0.6 is 27.5 Å². The van der Waals surface area contributed by atoms with E-state index in [1.807, 2.05) is 30.3 Å². The van der Waals surface area contributed by atoms with E-state index in [9.17, 15) is 0 Å². The highest BCUT2D eigenvalue weighted by Crippen LogP contribution is 2.22. The van der Waals surface area contributed by atoms with E-state index in [0.717, 1.165) is 20.8 Å². The maximum absolute atomic E-state index is 6.14. The first-order chi connectivity index (χ1) is 8.16. The minimum Gasteiger partial charge on any atom is -0.468 e. The van der Waals surface area contributed by atoms with Gasteiger partial charge in [-0.05, 0) is 36.8 Å². The topological polar surface area (TPSA) is 25.2 Å². The van der Waals surface area contributed by atoms with Crippen LogP contribution in [0.3, 0.4) is 0 Å². The number of hydrogen-bond donors (Lipinski definition) is 1. The summed E-state index contributed by atoms with van der Waals surface area (Å²) in [5.41, 5.74) is 1.08. The Kier molecular flexibility index (Phi) is 4.26. The van der Waals surface area contributed by atoms with Crippen molar-refractivity contribution in [3.05, 3.63) is 57.4 Å². The Morgan fingerprint density at radius 1 is 1.41 bits per heavy atom. The van der Waals surface area contributed by atoms with E-state index in [-0.39, 0.29) is 6.04 Å². The van der Waals surface area contributed by atoms with Gasteiger partial charge in [0.15, 0.2) is 0 Å². The average Bonchev–Trinajstić information content (AvgIpc) is 2.81. The Balaban J connectivity index is 1.98. The van der Waals surface area contributed by atoms with Crippen LogP contribution in [0.15, 0.2) is 45.5 Å². The zero-order chi connectivity index (χ0) is 12.3. The molecule has 0 fully saturated rings. The van der Waals surface area contributed by atoms with Gasteiger partial charge in [0.1, 0.15) is 5.76 Å². The van der Waals surface area contributed by atoms with Crippen LogP contribution in [0.2, 0.25) is 5.02 Å². The summed E-state index contributed by atoms with van der Waals surface area (Å²) in [5.74, 6) is 0.929. The highest BCUT2D eigenvalue weighted by atomic mass is 79.9. The van der Waals surface area contributed by atoms with Crippen LogP contribution in [-0.2, 0) is 6.54 Å². The van der Waals surface area contributed by atoms with Gasteiger partial charge in [0.25, 0.3) is 0 Å². The van der Waals surface area contributed by atoms with E-state index in [1.54, 1.807) is 6.26 Å². The Hall–Kier alpha value is -0.770. The van der Waals surface area contributed by atoms with Crippen LogP contribution in [0.5, 0.6) is 0 Å². The lowest BCUT2D eigenvalue weighted by Gasteiger charge is -2.12. The second-order valence-corrected chi connectivity index (χ2v) is 5.18. The predicted octanol–water partition coefficient (Wildman–Crippen LogP) is 4.55. The molecule has 4 heteroatoms. The molecular weight excluding hydrogens is 302 g/mol. The monoisotopic (exact) mass is 313 g/mol. The first-order valence-corrected chi connectivity index (χ1v) is 6.54. The van der Waals surface area contributed by atoms with Gasteiger partial charge in [-0.3, -0.25) is 0 Å². The van der Waals surface area contributed by atoms with E-state index in [0.29, 0.717) is 6.54 Å². The zero-order valence-corrected chi connectivity index (χ0v) is 11.8. The Morgan fingerprint density at radius 3 is 2.88 bits per heavy atom. The summed E-state index contributed by atoms with van der Waals surface area (Å²) in [6, 6.07) is 9.91. The number of halogens is 2. The maximum Gasteiger partial charge on any atom is 0.120 e. The van der Waals surface area contributed by atoms with Crippen LogP contribution in [0.4, 0.5) is 0 Å². The summed E-state index contributed by atoms with van der Waals surface area (Å²) in [7, 11) is 0. The second-order valence-electron chi connectivity index (χ2n) is 3.85. The summed E-state index contributed by atoms with van der Waals surface area (Å²) in [5, 5.41) is 4.13. The molecule has 0 aliphatic carbocycles. The molecule has 2 aromatic rings. The quantitative estimate of drug-likeness (QED) is 0.896. The highest BCUT2D eigenvalue weighted by Gasteiger charge is 2.08. The largest absolute Gasteiger partial charge is 0.468 e. The fraction of sp³-hybridized carbons (Fsp3) is 0.231. The fourth-order valence-corrected chi connectivity index (χ4v) is 2.31. The molecule has 0 aliphatic heterocycles. The first-order valence-electron chi connectivity index (χ1n) is 5.37. The molecule has 0 amide bonds. The van der Waals surface area contributed by atoms with E-state index in [4.69, 9.17) is 16.0 Å². The summed E-state index contributed by atoms with van der Waals surface area (Å²) in [4.78, 5) is 0. The summed E-state index contributed by atoms with van der Waals surface area (Å²) in [6.45, 7) is 2.78. The number of benzene rings is 1. The lowest BCUT2D eigenvalue weighted by atomic mass is 10.2. The first kappa shape index (κ1) is 12.7. The van der Waals surface area contributed by atoms with Gasteiger partial charge in [0, 0.05) is 16.0 Å². The van der Waals surface area contributed by atoms with Crippen LogP contribution in [-0.4, -0.2) is 0 Å². The van der Waals surface area contributed by atoms with Crippen molar-refractivity contribution in [2.75, 3.05) is 0 Å². The van der Waals surface area contributed by atoms with Crippen LogP contribution < -0.4 is 5.32 Å². The Bertz CT molecular complexity index is 484. The molecule has 1 atom stereocenters. The molecule has 0 unspecified atom stereocenters. The molecule has 0 aliphatic rings. The van der Waals surface area contributed by atoms with Gasteiger partial charge in [0.05, 0.1) is 12.3 Å². The summed E-state index contributed by atoms with van der Waals surface area (Å²) in [6.07, 6.45) is 1.68. The minimum absolute atomic E-state index is 0.171. The number of nitrogens with one attached hydrogen (secondary N) is 1. The van der Waals surface area contributed by atoms with Gasteiger partial charge in [-0.1, -0.05) is 33.6 Å². The lowest BCUT2D eigenvalue weighted by molar-refractivity contribution is 0.430. The van der Waals surface area contributed by atoms with Crippen LogP contribution in [0.1, 0.15) is 24.3 Å². The van der Waals surface area contributed by atoms with E-state index in [1.165, 1.54) is 0 Å². The van der Waals surface area contributed by atoms with Crippen molar-refractivity contribution in [2.24, 2.45) is 0 Å². The summed E-state index contributed by atoms with van der Waals surface area (Å²) >= 11 is 9.53. The fourth-order valence-electron chi connectivity index (χ4n) is 1.57. The van der Waals surface area contributed by atoms with E-state index in [2.05, 4.69) is 28.2 Å². The normalized spacial score (nSPS) is 12.6. The molecule has 1 heterocycles. The van der Waals surface area contributed by atoms with Gasteiger partial charge in [-0.25, -0.2) is 0 Å². The molecule has 0 saturated heterocycles. The maximum atomic E-state index is 6.14. The Morgan fingerprint density at radius 2 is 2.24 bits per heavy atom. The van der Waals surface area contributed by atoms with Crippen LogP contribution in [0.25, 0.3) is 0 Å². The van der Waals surface area contributed by atoms with Crippen molar-refractivity contribution in [1.82, 2.24) is 5.32 Å². The van der Waals surface area contributed by atoms with Gasteiger partial charge >= 0.3 is 0 Å². The van der Waals surface area contributed by atoms with Crippen LogP contribution in [0, 0.1) is 0 Å². The third-order valence-corrected chi connectivity index (χ3v) is 3.43. The van der Waals surface area contributed by atoms with Crippen molar-refractivity contribution in [3.8, 4) is 0 Å². The van der Waals surface area contributed by atoms with Crippen molar-refractivity contribution in [1.29, 1.82) is 0 Å². The Labute approximate surface area is 114 Å². The SMILES string of the molecule is C[C@@H](NCc1ccc(Br)cc1Cl)c1ccco1. The van der Waals surface area contributed by atoms with Gasteiger partial charge in [0.2, 0.25) is 0 Å². The molecule has 2 nitrogen and oxygen atoms in total. The smallest absolute Gasteiger partial charge is 0.120 e. The van der Waals surface area contributed by atoms with Crippen molar-refractivity contribution in [3.63, 3.8) is 0 Å². The summed E-state index contributed by atoms with van der Waals surface area (Å²) < 4.78 is 6.32. The standard InChI is InChI=1S/C13H13BrClNO/c1-9(13-3-2-6-17-13)16-8-10-4-5-11(14)7-12(10)15/h2-7,9,16H,8H2,1H3/t9-/m1/s1. The molecule has 0 bridgehead atoms. The second kappa shape index (κ2) is 5.71. The van der Waals surface area contributed by atoms with Crippen molar-refractivity contribution in [2.45, 2.75) is 19.5 Å². The molecule has 1 N–H and O–H groups in total. The van der Waals surface area contributed by atoms with Crippen molar-refractivity contribution >= 4 is 27.5 Å². The average molecular weight is 315 g/mol. The highest BCUT2D eigenvalue weighted by molar-refractivity contribution is 9.10. The minimum atomic E-state index is 0.171. The van der Waals surface area contributed by atoms with E-state index < -0.39 is 0 Å². The third-order valence-electron chi connectivity index (χ3n) is 2.58. The molecule has 0 radical (unpaired) electrons. The van der Waals surface area contributed by atoms with Gasteiger partial charge in [-0.2, -0.15) is 0 Å². The molecule has 90 valence electrons. The molecule has 1 aromatic heterocycles. The zero-order valence-electron chi connectivity index (χ0n) is 9.41. The predicted molar refractivity (Wildman–Crippen MR) is 73.1 cm³/mol. The van der Waals surface area contributed by atoms with Gasteiger partial charge in [-0.15, -0.1) is 0 Å². The van der Waals surface area contributed by atoms with Crippen molar-refractivity contribution < 1.29 is 4.42 Å². The molecule has 2 rings (SSSR count). The molecule has 1 aromatic carbocycles. The number of rotatable bonds is 4. The molecular formula is C13H13BrClNO. The van der Waals surface area contributed by atoms with Gasteiger partial charge < -0.3 is 9.73 Å². The number of furan rings is 1. The lowest BCUT2D eigenvalue weighted by Crippen LogP contribution is -2.17. The number of hydrogen-bond acceptors (Lipinski definition) is 2. The van der Waals surface area contributed by atoms with E-state index >= 15 is 0 Å².